The number of carbonyl (C=O) groups is 9. The summed E-state index contributed by atoms with van der Waals surface area (Å²) in [6.45, 7) is 24.7. The van der Waals surface area contributed by atoms with Crippen LogP contribution in [0.5, 0.6) is 5.75 Å². The maximum Gasteiger partial charge on any atom is 0.431 e. The molecule has 2 saturated heterocycles. The van der Waals surface area contributed by atoms with E-state index in [1.807, 2.05) is 91.2 Å². The van der Waals surface area contributed by atoms with Crippen LogP contribution in [0.4, 0.5) is 15.3 Å². The van der Waals surface area contributed by atoms with Crippen molar-refractivity contribution in [1.29, 1.82) is 0 Å². The smallest absolute Gasteiger partial charge is 0.431 e. The second kappa shape index (κ2) is 38.8. The Hall–Kier alpha value is -6.82. The van der Waals surface area contributed by atoms with Crippen LogP contribution < -0.4 is 20.9 Å². The lowest BCUT2D eigenvalue weighted by atomic mass is 9.83. The van der Waals surface area contributed by atoms with Crippen LogP contribution in [-0.4, -0.2) is 208 Å². The topological polar surface area (TPSA) is 331 Å². The monoisotopic (exact) mass is 1420 g/mol. The number of likely N-dealkylation sites (N-methyl/N-ethyl adjacent to an activating group) is 2. The number of nitrogens with one attached hydrogen (secondary N) is 3. The third-order valence-electron chi connectivity index (χ3n) is 18.9. The van der Waals surface area contributed by atoms with Crippen LogP contribution in [0, 0.1) is 47.3 Å². The Morgan fingerprint density at radius 3 is 2.05 bits per heavy atom. The Kier molecular flexibility index (Phi) is 33.2. The van der Waals surface area contributed by atoms with Crippen molar-refractivity contribution in [3.63, 3.8) is 0 Å². The van der Waals surface area contributed by atoms with Gasteiger partial charge in [0.2, 0.25) is 39.9 Å². The Morgan fingerprint density at radius 2 is 1.47 bits per heavy atom. The molecule has 0 saturated carbocycles. The first kappa shape index (κ1) is 84.6. The molecule has 4 N–H and O–H groups in total. The summed E-state index contributed by atoms with van der Waals surface area (Å²) >= 11 is 0. The summed E-state index contributed by atoms with van der Waals surface area (Å²) in [6, 6.07) is 11.4. The molecule has 2 aliphatic rings. The van der Waals surface area contributed by atoms with E-state index in [9.17, 15) is 51.9 Å². The average molecular weight is 1420 g/mol. The molecule has 0 bridgehead atoms. The summed E-state index contributed by atoms with van der Waals surface area (Å²) in [5, 5.41) is 16.2. The fourth-order valence-corrected chi connectivity index (χ4v) is 13.7. The summed E-state index contributed by atoms with van der Waals surface area (Å²) in [4.78, 5) is 133. The molecule has 5 unspecified atom stereocenters. The molecule has 0 radical (unpaired) electrons. The molecule has 2 heterocycles. The van der Waals surface area contributed by atoms with Gasteiger partial charge in [-0.05, 0) is 93.9 Å². The number of carbonyl (C=O) groups excluding carboxylic acids is 9. The van der Waals surface area contributed by atoms with E-state index in [0.29, 0.717) is 25.8 Å². The van der Waals surface area contributed by atoms with Gasteiger partial charge in [-0.15, -0.1) is 0 Å². The minimum atomic E-state index is -4.04. The number of esters is 1. The van der Waals surface area contributed by atoms with Crippen LogP contribution in [0.25, 0.3) is 0 Å². The fraction of sp³-hybridized carbons (Fsp3) is 0.704. The van der Waals surface area contributed by atoms with E-state index in [0.717, 1.165) is 21.0 Å². The van der Waals surface area contributed by atoms with Crippen LogP contribution in [0.15, 0.2) is 48.5 Å². The van der Waals surface area contributed by atoms with Crippen molar-refractivity contribution in [2.75, 3.05) is 72.7 Å². The van der Waals surface area contributed by atoms with E-state index < -0.39 is 138 Å². The molecular formula is C71H113N7O20S. The molecule has 99 heavy (non-hydrogen) atoms. The Bertz CT molecular complexity index is 3130. The van der Waals surface area contributed by atoms with E-state index in [-0.39, 0.29) is 103 Å². The number of amides is 6. The largest absolute Gasteiger partial charge is 0.460 e. The van der Waals surface area contributed by atoms with Crippen molar-refractivity contribution in [1.82, 2.24) is 29.8 Å². The predicted molar refractivity (Wildman–Crippen MR) is 370 cm³/mol. The molecule has 2 aromatic carbocycles. The first-order valence-electron chi connectivity index (χ1n) is 34.3. The molecule has 2 fully saturated rings. The number of likely N-dealkylation sites (tertiary alicyclic amines) is 1. The molecule has 15 atom stereocenters. The van der Waals surface area contributed by atoms with Gasteiger partial charge in [-0.1, -0.05) is 106 Å². The van der Waals surface area contributed by atoms with Gasteiger partial charge in [0, 0.05) is 96.7 Å². The number of hydrogen-bond acceptors (Lipinski definition) is 20. The minimum absolute atomic E-state index is 0.0601. The number of rotatable bonds is 37. The fourth-order valence-electron chi connectivity index (χ4n) is 12.9. The van der Waals surface area contributed by atoms with Gasteiger partial charge in [0.25, 0.3) is 0 Å². The lowest BCUT2D eigenvalue weighted by Gasteiger charge is -2.42. The van der Waals surface area contributed by atoms with Gasteiger partial charge in [0.15, 0.2) is 18.5 Å². The van der Waals surface area contributed by atoms with E-state index >= 15 is 4.79 Å². The number of anilines is 1. The van der Waals surface area contributed by atoms with Crippen molar-refractivity contribution in [3.8, 4) is 5.75 Å². The first-order valence-corrected chi connectivity index (χ1v) is 36.2. The second-order valence-electron chi connectivity index (χ2n) is 28.3. The summed E-state index contributed by atoms with van der Waals surface area (Å²) in [7, 11) is 2.06. The van der Waals surface area contributed by atoms with Gasteiger partial charge in [-0.3, -0.25) is 38.4 Å². The quantitative estimate of drug-likeness (QED) is 0.0284. The third-order valence-corrected chi connectivity index (χ3v) is 20.2. The van der Waals surface area contributed by atoms with E-state index in [1.165, 1.54) is 46.4 Å². The highest BCUT2D eigenvalue weighted by Gasteiger charge is 2.46. The van der Waals surface area contributed by atoms with Crippen LogP contribution >= 0.6 is 0 Å². The molecule has 28 heteroatoms. The van der Waals surface area contributed by atoms with Crippen molar-refractivity contribution in [3.05, 3.63) is 59.7 Å². The Labute approximate surface area is 586 Å². The van der Waals surface area contributed by atoms with Crippen molar-refractivity contribution in [2.24, 2.45) is 47.3 Å². The molecule has 0 aliphatic carbocycles. The zero-order valence-corrected chi connectivity index (χ0v) is 62.6. The van der Waals surface area contributed by atoms with E-state index in [2.05, 4.69) is 10.6 Å². The molecule has 0 aromatic heterocycles. The number of ether oxygens (including phenoxy) is 7. The lowest BCUT2D eigenvalue weighted by Crippen LogP contribution is -2.54. The van der Waals surface area contributed by atoms with Gasteiger partial charge < -0.3 is 63.6 Å². The number of hydroxylamine groups is 1. The van der Waals surface area contributed by atoms with Gasteiger partial charge >= 0.3 is 18.2 Å². The van der Waals surface area contributed by atoms with Gasteiger partial charge in [-0.2, -0.15) is 9.79 Å². The zero-order chi connectivity index (χ0) is 74.6. The maximum absolute atomic E-state index is 15.1. The molecule has 558 valence electrons. The zero-order valence-electron chi connectivity index (χ0n) is 61.8. The van der Waals surface area contributed by atoms with Gasteiger partial charge in [0.1, 0.15) is 23.7 Å². The summed E-state index contributed by atoms with van der Waals surface area (Å²) in [5.74, 6) is -6.28. The predicted octanol–water partition coefficient (Wildman–Crippen LogP) is 7.86. The number of sulfonamides is 1. The third kappa shape index (κ3) is 25.0. The Balaban J connectivity index is 1.54. The number of ketones is 2. The standard InChI is InChI=1S/C71H113N7O20S/c1-21-43(6)63(58(91-18)37-61(84)78-32-25-28-54(78)65(92-19)47(10)55(80)34-44(7)64(85)50-26-23-22-24-27-50)75(16)67(86)53(41(2)3)36-56(81)62(42(4)5)76(17)70(88)93-39-51-35-52(29-30-57(51)97-68-66(96-49(12)79)46(9)45(8)48(11)95-68)73-59(82)38-77(99(20,89)90)33-31-72-60(83)40-94-74-69(87)98-71(13,14)15/h22-24,26-27,29-30,35,41-48,53-54,58,62-66,68,85H,21,25,28,31-34,36-40H2,1-20H3,(H,72,83)(H,73,82)(H,74,87)/t43-,44-,45?,46?,47-,48?,53-,54-,58+,62-,63-,64+,65+,66?,68?/m0/s1. The molecule has 27 nitrogen and oxygen atoms in total. The number of aliphatic hydroxyl groups is 1. The molecule has 2 aliphatic heterocycles. The Morgan fingerprint density at radius 1 is 0.818 bits per heavy atom. The number of nitrogens with zero attached hydrogens (tertiary/aromatic N) is 4. The molecule has 2 aromatic rings. The number of methoxy groups -OCH3 is 2. The van der Waals surface area contributed by atoms with Crippen LogP contribution in [0.1, 0.15) is 160 Å². The summed E-state index contributed by atoms with van der Waals surface area (Å²) in [5.41, 5.74) is 2.16. The van der Waals surface area contributed by atoms with Crippen LogP contribution in [0.3, 0.4) is 0 Å². The summed E-state index contributed by atoms with van der Waals surface area (Å²) in [6.07, 6.45) is -3.96. The van der Waals surface area contributed by atoms with Gasteiger partial charge in [-0.25, -0.2) is 18.0 Å². The van der Waals surface area contributed by atoms with Crippen molar-refractivity contribution in [2.45, 2.75) is 210 Å². The lowest BCUT2D eigenvalue weighted by molar-refractivity contribution is -0.243. The highest BCUT2D eigenvalue weighted by molar-refractivity contribution is 7.88. The van der Waals surface area contributed by atoms with E-state index in [1.54, 1.807) is 58.4 Å². The molecule has 4 rings (SSSR count). The van der Waals surface area contributed by atoms with Crippen molar-refractivity contribution < 1.29 is 94.7 Å². The summed E-state index contributed by atoms with van der Waals surface area (Å²) < 4.78 is 68.2. The normalized spacial score (nSPS) is 20.8. The first-order chi connectivity index (χ1) is 46.3. The minimum Gasteiger partial charge on any atom is -0.460 e. The van der Waals surface area contributed by atoms with Crippen LogP contribution in [-0.2, 0) is 83.5 Å². The molecular weight excluding hydrogens is 1300 g/mol. The molecule has 0 spiro atoms. The molecule has 6 amide bonds. The van der Waals surface area contributed by atoms with Crippen molar-refractivity contribution >= 4 is 69.1 Å². The second-order valence-corrected chi connectivity index (χ2v) is 30.3. The number of benzene rings is 2. The highest BCUT2D eigenvalue weighted by atomic mass is 32.2. The average Bonchev–Trinajstić information content (AvgIpc) is 1.11. The number of aliphatic hydroxyl groups excluding tert-OH is 1. The maximum atomic E-state index is 15.1. The van der Waals surface area contributed by atoms with Gasteiger partial charge in [0.05, 0.1) is 61.8 Å². The number of Topliss-reactive ketones (excluding diaryl/α,β-unsaturated/α-hetero) is 2. The number of hydrogen-bond donors (Lipinski definition) is 4. The highest BCUT2D eigenvalue weighted by Crippen LogP contribution is 2.37. The SMILES string of the molecule is CC[C@H](C)[C@@H]([C@@H](CC(=O)N1CCC[C@H]1[C@H](OC)[C@@H](C)C(=O)C[C@H](C)[C@@H](O)c1ccccc1)OC)N(C)C(=O)[C@@H](CC(=O)[C@H](C(C)C)N(C)C(=O)OCc1cc(NC(=O)CN(CCNC(=O)CONC(=O)OC(C)(C)C)S(C)(=O)=O)ccc1OC1OC(C)C(C)C(C)C1OC(C)=O)C(C)C. The van der Waals surface area contributed by atoms with Crippen LogP contribution in [0.2, 0.25) is 0 Å². The van der Waals surface area contributed by atoms with E-state index in [4.69, 9.17) is 38.0 Å².